The maximum absolute atomic E-state index is 9.71. The molecule has 1 saturated heterocycles. The Kier molecular flexibility index (Phi) is 2.05. The topological polar surface area (TPSA) is 73.8 Å². The van der Waals surface area contributed by atoms with E-state index < -0.39 is 6.10 Å². The maximum Gasteiger partial charge on any atom is 0.154 e. The van der Waals surface area contributed by atoms with Gasteiger partial charge >= 0.3 is 0 Å². The van der Waals surface area contributed by atoms with Crippen molar-refractivity contribution in [3.63, 3.8) is 0 Å². The van der Waals surface area contributed by atoms with Gasteiger partial charge in [0.2, 0.25) is 0 Å². The predicted octanol–water partition coefficient (Wildman–Crippen LogP) is -0.410. The van der Waals surface area contributed by atoms with Crippen LogP contribution in [-0.2, 0) is 0 Å². The molecule has 2 heterocycles. The summed E-state index contributed by atoms with van der Waals surface area (Å²) in [4.78, 5) is 3.90. The van der Waals surface area contributed by atoms with Crippen LogP contribution in [0, 0.1) is 0 Å². The lowest BCUT2D eigenvalue weighted by Gasteiger charge is -2.14. The van der Waals surface area contributed by atoms with Crippen molar-refractivity contribution in [2.45, 2.75) is 25.0 Å². The van der Waals surface area contributed by atoms with Gasteiger partial charge in [0.15, 0.2) is 5.82 Å². The summed E-state index contributed by atoms with van der Waals surface area (Å²) in [5.41, 5.74) is 0. The molecule has 1 fully saturated rings. The second-order valence-corrected chi connectivity index (χ2v) is 3.02. The monoisotopic (exact) mass is 168 g/mol. The highest BCUT2D eigenvalue weighted by Gasteiger charge is 2.25. The van der Waals surface area contributed by atoms with Gasteiger partial charge in [0.1, 0.15) is 12.4 Å². The fourth-order valence-corrected chi connectivity index (χ4v) is 1.53. The Balaban J connectivity index is 2.04. The molecule has 5 heteroatoms. The minimum Gasteiger partial charge on any atom is -0.383 e. The van der Waals surface area contributed by atoms with E-state index in [1.165, 1.54) is 6.33 Å². The van der Waals surface area contributed by atoms with Crippen LogP contribution in [-0.4, -0.2) is 32.9 Å². The molecule has 12 heavy (non-hydrogen) atoms. The highest BCUT2D eigenvalue weighted by molar-refractivity contribution is 4.95. The van der Waals surface area contributed by atoms with E-state index in [1.807, 2.05) is 0 Å². The van der Waals surface area contributed by atoms with Crippen molar-refractivity contribution in [1.29, 1.82) is 0 Å². The zero-order valence-corrected chi connectivity index (χ0v) is 6.70. The lowest BCUT2D eigenvalue weighted by atomic mass is 10.1. The summed E-state index contributed by atoms with van der Waals surface area (Å²) in [5, 5.41) is 19.3. The molecule has 0 saturated carbocycles. The van der Waals surface area contributed by atoms with E-state index in [0.717, 1.165) is 19.4 Å². The first-order valence-electron chi connectivity index (χ1n) is 4.14. The van der Waals surface area contributed by atoms with Crippen LogP contribution in [0.25, 0.3) is 0 Å². The molecule has 1 aliphatic rings. The Morgan fingerprint density at radius 1 is 1.67 bits per heavy atom. The molecule has 1 aromatic rings. The minimum atomic E-state index is -0.546. The number of aromatic amines is 1. The Labute approximate surface area is 70.2 Å². The highest BCUT2D eigenvalue weighted by Crippen LogP contribution is 2.18. The molecule has 1 aromatic heterocycles. The number of aromatic nitrogens is 3. The van der Waals surface area contributed by atoms with Crippen molar-refractivity contribution in [3.05, 3.63) is 12.2 Å². The Morgan fingerprint density at radius 2 is 2.58 bits per heavy atom. The number of nitrogens with one attached hydrogen (secondary N) is 2. The molecule has 1 unspecified atom stereocenters. The van der Waals surface area contributed by atoms with Gasteiger partial charge in [0, 0.05) is 6.04 Å². The van der Waals surface area contributed by atoms with Crippen LogP contribution in [0.1, 0.15) is 24.8 Å². The molecule has 1 aliphatic heterocycles. The average Bonchev–Trinajstić information content (AvgIpc) is 2.77. The van der Waals surface area contributed by atoms with E-state index in [9.17, 15) is 5.11 Å². The number of rotatable bonds is 2. The number of hydrogen-bond acceptors (Lipinski definition) is 4. The van der Waals surface area contributed by atoms with E-state index in [0.29, 0.717) is 5.82 Å². The van der Waals surface area contributed by atoms with Gasteiger partial charge in [-0.3, -0.25) is 5.10 Å². The van der Waals surface area contributed by atoms with Gasteiger partial charge in [0.05, 0.1) is 0 Å². The molecule has 0 spiro atoms. The predicted molar refractivity (Wildman–Crippen MR) is 42.4 cm³/mol. The van der Waals surface area contributed by atoms with Crippen molar-refractivity contribution in [2.24, 2.45) is 0 Å². The van der Waals surface area contributed by atoms with Crippen LogP contribution < -0.4 is 5.32 Å². The lowest BCUT2D eigenvalue weighted by Crippen LogP contribution is -2.29. The molecule has 5 nitrogen and oxygen atoms in total. The van der Waals surface area contributed by atoms with Crippen molar-refractivity contribution in [3.8, 4) is 0 Å². The second-order valence-electron chi connectivity index (χ2n) is 3.02. The summed E-state index contributed by atoms with van der Waals surface area (Å²) >= 11 is 0. The number of nitrogens with zero attached hydrogens (tertiary/aromatic N) is 2. The van der Waals surface area contributed by atoms with Gasteiger partial charge < -0.3 is 10.4 Å². The first kappa shape index (κ1) is 7.70. The average molecular weight is 168 g/mol. The van der Waals surface area contributed by atoms with Crippen molar-refractivity contribution in [2.75, 3.05) is 6.54 Å². The van der Waals surface area contributed by atoms with Crippen molar-refractivity contribution >= 4 is 0 Å². The van der Waals surface area contributed by atoms with E-state index in [4.69, 9.17) is 0 Å². The quantitative estimate of drug-likeness (QED) is 0.561. The summed E-state index contributed by atoms with van der Waals surface area (Å²) in [5.74, 6) is 0.550. The molecule has 0 radical (unpaired) electrons. The number of hydrogen-bond donors (Lipinski definition) is 3. The van der Waals surface area contributed by atoms with Gasteiger partial charge in [0.25, 0.3) is 0 Å². The summed E-state index contributed by atoms with van der Waals surface area (Å²) in [6, 6.07) is 0.137. The summed E-state index contributed by atoms with van der Waals surface area (Å²) in [6.45, 7) is 0.982. The third-order valence-electron chi connectivity index (χ3n) is 2.19. The first-order chi connectivity index (χ1) is 5.88. The number of H-pyrrole nitrogens is 1. The molecule has 2 rings (SSSR count). The number of aliphatic hydroxyl groups is 1. The van der Waals surface area contributed by atoms with Crippen LogP contribution in [0.3, 0.4) is 0 Å². The fourth-order valence-electron chi connectivity index (χ4n) is 1.53. The fraction of sp³-hybridized carbons (Fsp3) is 0.714. The molecular weight excluding hydrogens is 156 g/mol. The molecule has 3 N–H and O–H groups in total. The van der Waals surface area contributed by atoms with E-state index in [-0.39, 0.29) is 6.04 Å². The molecule has 0 aromatic carbocycles. The lowest BCUT2D eigenvalue weighted by molar-refractivity contribution is 0.129. The SMILES string of the molecule is O[C@H](c1ncn[nH]1)C1CCCN1. The van der Waals surface area contributed by atoms with Crippen molar-refractivity contribution < 1.29 is 5.11 Å². The third kappa shape index (κ3) is 1.33. The molecule has 0 amide bonds. The molecule has 0 bridgehead atoms. The van der Waals surface area contributed by atoms with Crippen molar-refractivity contribution in [1.82, 2.24) is 20.5 Å². The molecule has 2 atom stereocenters. The summed E-state index contributed by atoms with van der Waals surface area (Å²) in [6.07, 6.45) is 2.99. The third-order valence-corrected chi connectivity index (χ3v) is 2.19. The highest BCUT2D eigenvalue weighted by atomic mass is 16.3. The van der Waals surface area contributed by atoms with Gasteiger partial charge in [-0.2, -0.15) is 5.10 Å². The summed E-state index contributed by atoms with van der Waals surface area (Å²) < 4.78 is 0. The van der Waals surface area contributed by atoms with Crippen LogP contribution in [0.15, 0.2) is 6.33 Å². The second kappa shape index (κ2) is 3.20. The van der Waals surface area contributed by atoms with Gasteiger partial charge in [-0.15, -0.1) is 0 Å². The zero-order valence-electron chi connectivity index (χ0n) is 6.70. The Morgan fingerprint density at radius 3 is 3.17 bits per heavy atom. The van der Waals surface area contributed by atoms with Crippen LogP contribution >= 0.6 is 0 Å². The molecule has 66 valence electrons. The molecular formula is C7H12N4O. The Hall–Kier alpha value is -0.940. The minimum absolute atomic E-state index is 0.137. The summed E-state index contributed by atoms with van der Waals surface area (Å²) in [7, 11) is 0. The van der Waals surface area contributed by atoms with E-state index >= 15 is 0 Å². The van der Waals surface area contributed by atoms with Gasteiger partial charge in [-0.1, -0.05) is 0 Å². The van der Waals surface area contributed by atoms with E-state index in [2.05, 4.69) is 20.5 Å². The Bertz CT molecular complexity index is 230. The van der Waals surface area contributed by atoms with Crippen LogP contribution in [0.2, 0.25) is 0 Å². The van der Waals surface area contributed by atoms with Crippen LogP contribution in [0.4, 0.5) is 0 Å². The van der Waals surface area contributed by atoms with E-state index in [1.54, 1.807) is 0 Å². The molecule has 0 aliphatic carbocycles. The van der Waals surface area contributed by atoms with Gasteiger partial charge in [-0.25, -0.2) is 4.98 Å². The smallest absolute Gasteiger partial charge is 0.154 e. The van der Waals surface area contributed by atoms with Crippen LogP contribution in [0.5, 0.6) is 0 Å². The standard InChI is InChI=1S/C7H12N4O/c12-6(5-2-1-3-8-5)7-9-4-10-11-7/h4-6,8,12H,1-3H2,(H,9,10,11)/t5?,6-/m0/s1. The van der Waals surface area contributed by atoms with Gasteiger partial charge in [-0.05, 0) is 19.4 Å². The maximum atomic E-state index is 9.71. The first-order valence-corrected chi connectivity index (χ1v) is 4.14. The number of aliphatic hydroxyl groups excluding tert-OH is 1. The normalized spacial score (nSPS) is 25.9. The largest absolute Gasteiger partial charge is 0.383 e. The zero-order chi connectivity index (χ0) is 8.39.